The molecule has 0 atom stereocenters. The fraction of sp³-hybridized carbons (Fsp3) is 0.200. The largest absolute Gasteiger partial charge is 0.497 e. The molecule has 0 N–H and O–H groups in total. The predicted octanol–water partition coefficient (Wildman–Crippen LogP) is 5.30. The van der Waals surface area contributed by atoms with Crippen molar-refractivity contribution in [3.63, 3.8) is 0 Å². The fourth-order valence-corrected chi connectivity index (χ4v) is 4.40. The van der Waals surface area contributed by atoms with Crippen LogP contribution in [0, 0.1) is 6.92 Å². The standard InChI is InChI=1S/C25H24N2O5S/c1-15-14-27-19(23(26-25(27)33-15)16-6-8-18(29-2)9-7-16)10-11-20(28)17-12-21(30-3)24(32-5)22(13-17)31-4/h6-14H,1-5H3/b11-10+. The molecule has 0 saturated carbocycles. The molecule has 7 nitrogen and oxygen atoms in total. The number of aryl methyl sites for hydroxylation is 1. The number of ketones is 1. The Kier molecular flexibility index (Phi) is 6.37. The second-order valence-corrected chi connectivity index (χ2v) is 8.39. The number of rotatable bonds is 8. The maximum absolute atomic E-state index is 13.1. The number of ether oxygens (including phenoxy) is 4. The molecule has 0 aliphatic heterocycles. The number of aromatic nitrogens is 2. The normalized spacial score (nSPS) is 11.2. The van der Waals surface area contributed by atoms with Crippen LogP contribution in [0.15, 0.2) is 48.7 Å². The molecule has 0 fully saturated rings. The zero-order valence-corrected chi connectivity index (χ0v) is 19.9. The number of nitrogens with zero attached hydrogens (tertiary/aromatic N) is 2. The maximum Gasteiger partial charge on any atom is 0.203 e. The summed E-state index contributed by atoms with van der Waals surface area (Å²) in [6, 6.07) is 11.0. The fourth-order valence-electron chi connectivity index (χ4n) is 3.57. The predicted molar refractivity (Wildman–Crippen MR) is 129 cm³/mol. The van der Waals surface area contributed by atoms with E-state index in [2.05, 4.69) is 0 Å². The van der Waals surface area contributed by atoms with Crippen molar-refractivity contribution in [2.45, 2.75) is 6.92 Å². The molecular formula is C25H24N2O5S. The van der Waals surface area contributed by atoms with Crippen LogP contribution in [-0.4, -0.2) is 43.6 Å². The van der Waals surface area contributed by atoms with Gasteiger partial charge >= 0.3 is 0 Å². The van der Waals surface area contributed by atoms with Crippen LogP contribution >= 0.6 is 11.3 Å². The smallest absolute Gasteiger partial charge is 0.203 e. The Morgan fingerprint density at radius 3 is 2.21 bits per heavy atom. The molecule has 8 heteroatoms. The molecule has 0 aliphatic rings. The summed E-state index contributed by atoms with van der Waals surface area (Å²) in [4.78, 5) is 19.9. The lowest BCUT2D eigenvalue weighted by atomic mass is 10.1. The van der Waals surface area contributed by atoms with Gasteiger partial charge in [-0.3, -0.25) is 9.20 Å². The molecule has 2 aromatic heterocycles. The molecule has 0 radical (unpaired) electrons. The second-order valence-electron chi connectivity index (χ2n) is 7.18. The van der Waals surface area contributed by atoms with E-state index < -0.39 is 0 Å². The molecule has 0 amide bonds. The molecule has 0 aliphatic carbocycles. The van der Waals surface area contributed by atoms with Crippen molar-refractivity contribution in [1.29, 1.82) is 0 Å². The van der Waals surface area contributed by atoms with Gasteiger partial charge in [-0.15, -0.1) is 11.3 Å². The number of carbonyl (C=O) groups is 1. The average molecular weight is 465 g/mol. The summed E-state index contributed by atoms with van der Waals surface area (Å²) in [7, 11) is 6.19. The quantitative estimate of drug-likeness (QED) is 0.260. The Hall–Kier alpha value is -3.78. The number of allylic oxidation sites excluding steroid dienone is 1. The lowest BCUT2D eigenvalue weighted by Gasteiger charge is -2.13. The molecular weight excluding hydrogens is 440 g/mol. The number of methoxy groups -OCH3 is 4. The Labute approximate surface area is 195 Å². The molecule has 4 aromatic rings. The van der Waals surface area contributed by atoms with E-state index in [9.17, 15) is 4.79 Å². The lowest BCUT2D eigenvalue weighted by molar-refractivity contribution is 0.104. The highest BCUT2D eigenvalue weighted by atomic mass is 32.1. The van der Waals surface area contributed by atoms with E-state index in [1.165, 1.54) is 27.4 Å². The number of benzene rings is 2. The van der Waals surface area contributed by atoms with Crippen molar-refractivity contribution in [2.75, 3.05) is 28.4 Å². The molecule has 170 valence electrons. The highest BCUT2D eigenvalue weighted by Gasteiger charge is 2.17. The first kappa shape index (κ1) is 22.4. The zero-order chi connectivity index (χ0) is 23.5. The monoisotopic (exact) mass is 464 g/mol. The Morgan fingerprint density at radius 1 is 0.970 bits per heavy atom. The SMILES string of the molecule is COc1ccc(-c2nc3sc(C)cn3c2/C=C/C(=O)c2cc(OC)c(OC)c(OC)c2)cc1. The van der Waals surface area contributed by atoms with Crippen LogP contribution in [0.2, 0.25) is 0 Å². The van der Waals surface area contributed by atoms with E-state index in [-0.39, 0.29) is 5.78 Å². The van der Waals surface area contributed by atoms with Crippen LogP contribution < -0.4 is 18.9 Å². The summed E-state index contributed by atoms with van der Waals surface area (Å²) < 4.78 is 23.4. The Morgan fingerprint density at radius 2 is 1.64 bits per heavy atom. The minimum absolute atomic E-state index is 0.197. The first-order valence-corrected chi connectivity index (χ1v) is 11.0. The first-order valence-electron chi connectivity index (χ1n) is 10.1. The van der Waals surface area contributed by atoms with Gasteiger partial charge in [-0.25, -0.2) is 4.98 Å². The van der Waals surface area contributed by atoms with Crippen LogP contribution in [0.4, 0.5) is 0 Å². The minimum atomic E-state index is -0.197. The summed E-state index contributed by atoms with van der Waals surface area (Å²) in [6.07, 6.45) is 5.34. The molecule has 0 saturated heterocycles. The molecule has 2 heterocycles. The zero-order valence-electron chi connectivity index (χ0n) is 19.0. The number of fused-ring (bicyclic) bond motifs is 1. The van der Waals surface area contributed by atoms with Gasteiger partial charge in [-0.1, -0.05) is 0 Å². The third-order valence-electron chi connectivity index (χ3n) is 5.18. The number of carbonyl (C=O) groups excluding carboxylic acids is 1. The molecule has 4 rings (SSSR count). The van der Waals surface area contributed by atoms with Crippen molar-refractivity contribution in [3.8, 4) is 34.3 Å². The van der Waals surface area contributed by atoms with E-state index in [4.69, 9.17) is 23.9 Å². The topological polar surface area (TPSA) is 71.3 Å². The summed E-state index contributed by atoms with van der Waals surface area (Å²) in [5.41, 5.74) is 2.97. The summed E-state index contributed by atoms with van der Waals surface area (Å²) >= 11 is 1.60. The lowest BCUT2D eigenvalue weighted by Crippen LogP contribution is -2.00. The van der Waals surface area contributed by atoms with Crippen molar-refractivity contribution < 1.29 is 23.7 Å². The number of imidazole rings is 1. The van der Waals surface area contributed by atoms with Crippen LogP contribution in [0.3, 0.4) is 0 Å². The molecule has 0 bridgehead atoms. The van der Waals surface area contributed by atoms with Gasteiger partial charge in [-0.05, 0) is 55.5 Å². The van der Waals surface area contributed by atoms with Gasteiger partial charge in [0.2, 0.25) is 5.75 Å². The van der Waals surface area contributed by atoms with E-state index >= 15 is 0 Å². The molecule has 0 unspecified atom stereocenters. The number of hydrogen-bond donors (Lipinski definition) is 0. The third-order valence-corrected chi connectivity index (χ3v) is 6.08. The van der Waals surface area contributed by atoms with E-state index in [0.717, 1.165) is 32.5 Å². The van der Waals surface area contributed by atoms with Crippen LogP contribution in [-0.2, 0) is 0 Å². The van der Waals surface area contributed by atoms with Gasteiger partial charge in [0.25, 0.3) is 0 Å². The molecule has 0 spiro atoms. The second kappa shape index (κ2) is 9.38. The third kappa shape index (κ3) is 4.29. The Balaban J connectivity index is 1.75. The molecule has 33 heavy (non-hydrogen) atoms. The maximum atomic E-state index is 13.1. The van der Waals surface area contributed by atoms with Crippen molar-refractivity contribution in [3.05, 3.63) is 64.8 Å². The van der Waals surface area contributed by atoms with Crippen LogP contribution in [0.5, 0.6) is 23.0 Å². The van der Waals surface area contributed by atoms with Gasteiger partial charge in [0, 0.05) is 22.2 Å². The van der Waals surface area contributed by atoms with Crippen molar-refractivity contribution in [2.24, 2.45) is 0 Å². The highest BCUT2D eigenvalue weighted by molar-refractivity contribution is 7.17. The minimum Gasteiger partial charge on any atom is -0.497 e. The van der Waals surface area contributed by atoms with Gasteiger partial charge in [0.05, 0.1) is 39.8 Å². The molecule has 2 aromatic carbocycles. The number of hydrogen-bond acceptors (Lipinski definition) is 7. The van der Waals surface area contributed by atoms with Gasteiger partial charge in [-0.2, -0.15) is 0 Å². The van der Waals surface area contributed by atoms with E-state index in [0.29, 0.717) is 22.8 Å². The summed E-state index contributed by atoms with van der Waals surface area (Å²) in [5.74, 6) is 1.86. The van der Waals surface area contributed by atoms with Crippen molar-refractivity contribution >= 4 is 28.2 Å². The van der Waals surface area contributed by atoms with Gasteiger partial charge in [0.15, 0.2) is 22.2 Å². The van der Waals surface area contributed by atoms with Crippen LogP contribution in [0.1, 0.15) is 20.9 Å². The highest BCUT2D eigenvalue weighted by Crippen LogP contribution is 2.38. The first-order chi connectivity index (χ1) is 16.0. The van der Waals surface area contributed by atoms with E-state index in [1.54, 1.807) is 36.7 Å². The van der Waals surface area contributed by atoms with Gasteiger partial charge < -0.3 is 18.9 Å². The van der Waals surface area contributed by atoms with Gasteiger partial charge in [0.1, 0.15) is 5.75 Å². The van der Waals surface area contributed by atoms with Crippen molar-refractivity contribution in [1.82, 2.24) is 9.38 Å². The summed E-state index contributed by atoms with van der Waals surface area (Å²) in [5, 5.41) is 0. The van der Waals surface area contributed by atoms with Crippen LogP contribution in [0.25, 0.3) is 22.3 Å². The van der Waals surface area contributed by atoms with E-state index in [1.807, 2.05) is 41.8 Å². The summed E-state index contributed by atoms with van der Waals surface area (Å²) in [6.45, 7) is 2.03. The number of thiazole rings is 1. The average Bonchev–Trinajstić information content (AvgIpc) is 3.37. The Bertz CT molecular complexity index is 1310.